The molecule has 0 saturated carbocycles. The minimum absolute atomic E-state index is 0. The molecule has 82 valence electrons. The van der Waals surface area contributed by atoms with Gasteiger partial charge in [0.25, 0.3) is 0 Å². The zero-order chi connectivity index (χ0) is 9.26. The number of aromatic amines is 1. The van der Waals surface area contributed by atoms with Crippen LogP contribution in [0.1, 0.15) is 5.56 Å². The SMILES string of the molecule is Cc1ccc(-c2[nH]cnc2N)cc1.Cl.Cl. The molecule has 0 unspecified atom stereocenters. The quantitative estimate of drug-likeness (QED) is 0.812. The number of halogens is 2. The fraction of sp³-hybridized carbons (Fsp3) is 0.100. The highest BCUT2D eigenvalue weighted by Gasteiger charge is 2.02. The van der Waals surface area contributed by atoms with Crippen LogP contribution in [-0.4, -0.2) is 9.97 Å². The number of nitrogens with one attached hydrogen (secondary N) is 1. The molecule has 3 N–H and O–H groups in total. The minimum Gasteiger partial charge on any atom is -0.382 e. The molecule has 0 fully saturated rings. The van der Waals surface area contributed by atoms with Crippen molar-refractivity contribution in [3.05, 3.63) is 36.2 Å². The van der Waals surface area contributed by atoms with Crippen LogP contribution in [0, 0.1) is 6.92 Å². The van der Waals surface area contributed by atoms with Crippen LogP contribution in [0.15, 0.2) is 30.6 Å². The lowest BCUT2D eigenvalue weighted by molar-refractivity contribution is 1.31. The Hall–Kier alpha value is -1.19. The number of anilines is 1. The Labute approximate surface area is 101 Å². The van der Waals surface area contributed by atoms with E-state index in [9.17, 15) is 0 Å². The van der Waals surface area contributed by atoms with Crippen LogP contribution < -0.4 is 5.73 Å². The summed E-state index contributed by atoms with van der Waals surface area (Å²) in [5.41, 5.74) is 8.86. The number of aromatic nitrogens is 2. The lowest BCUT2D eigenvalue weighted by atomic mass is 10.1. The first-order valence-electron chi connectivity index (χ1n) is 4.13. The molecule has 0 spiro atoms. The van der Waals surface area contributed by atoms with Gasteiger partial charge in [0, 0.05) is 5.56 Å². The molecular weight excluding hydrogens is 233 g/mol. The summed E-state index contributed by atoms with van der Waals surface area (Å²) in [6, 6.07) is 8.16. The molecule has 0 aliphatic heterocycles. The van der Waals surface area contributed by atoms with E-state index in [4.69, 9.17) is 5.73 Å². The molecule has 0 bridgehead atoms. The van der Waals surface area contributed by atoms with Crippen molar-refractivity contribution >= 4 is 30.6 Å². The first kappa shape index (κ1) is 13.8. The summed E-state index contributed by atoms with van der Waals surface area (Å²) in [5, 5.41) is 0. The predicted molar refractivity (Wildman–Crippen MR) is 67.7 cm³/mol. The van der Waals surface area contributed by atoms with Crippen LogP contribution in [-0.2, 0) is 0 Å². The first-order chi connectivity index (χ1) is 6.27. The fourth-order valence-corrected chi connectivity index (χ4v) is 1.26. The van der Waals surface area contributed by atoms with Gasteiger partial charge in [0.05, 0.1) is 12.0 Å². The van der Waals surface area contributed by atoms with Gasteiger partial charge in [-0.2, -0.15) is 0 Å². The normalized spacial score (nSPS) is 8.87. The number of benzene rings is 1. The summed E-state index contributed by atoms with van der Waals surface area (Å²) in [7, 11) is 0. The van der Waals surface area contributed by atoms with Crippen LogP contribution in [0.3, 0.4) is 0 Å². The molecule has 15 heavy (non-hydrogen) atoms. The topological polar surface area (TPSA) is 54.7 Å². The molecule has 3 nitrogen and oxygen atoms in total. The Morgan fingerprint density at radius 2 is 1.73 bits per heavy atom. The highest BCUT2D eigenvalue weighted by molar-refractivity contribution is 5.85. The van der Waals surface area contributed by atoms with E-state index in [0.717, 1.165) is 11.3 Å². The Kier molecular flexibility index (Phi) is 5.19. The fourth-order valence-electron chi connectivity index (χ4n) is 1.26. The van der Waals surface area contributed by atoms with Gasteiger partial charge >= 0.3 is 0 Å². The van der Waals surface area contributed by atoms with Crippen molar-refractivity contribution in [2.75, 3.05) is 5.73 Å². The minimum atomic E-state index is 0. The summed E-state index contributed by atoms with van der Waals surface area (Å²) in [6.45, 7) is 2.06. The van der Waals surface area contributed by atoms with E-state index in [2.05, 4.69) is 29.0 Å². The zero-order valence-electron chi connectivity index (χ0n) is 8.23. The largest absolute Gasteiger partial charge is 0.382 e. The molecular formula is C10H13Cl2N3. The Balaban J connectivity index is 0.000000980. The molecule has 1 aromatic heterocycles. The van der Waals surface area contributed by atoms with Gasteiger partial charge in [-0.15, -0.1) is 24.8 Å². The third-order valence-electron chi connectivity index (χ3n) is 2.01. The van der Waals surface area contributed by atoms with Crippen LogP contribution in [0.2, 0.25) is 0 Å². The summed E-state index contributed by atoms with van der Waals surface area (Å²) in [4.78, 5) is 6.94. The van der Waals surface area contributed by atoms with Crippen LogP contribution in [0.4, 0.5) is 5.82 Å². The Morgan fingerprint density at radius 3 is 2.20 bits per heavy atom. The highest BCUT2D eigenvalue weighted by Crippen LogP contribution is 2.21. The van der Waals surface area contributed by atoms with E-state index in [1.165, 1.54) is 5.56 Å². The maximum absolute atomic E-state index is 5.67. The van der Waals surface area contributed by atoms with E-state index < -0.39 is 0 Å². The van der Waals surface area contributed by atoms with Gasteiger partial charge in [-0.25, -0.2) is 4.98 Å². The molecule has 0 saturated heterocycles. The van der Waals surface area contributed by atoms with Crippen molar-refractivity contribution in [3.8, 4) is 11.3 Å². The summed E-state index contributed by atoms with van der Waals surface area (Å²) in [5.74, 6) is 0.545. The van der Waals surface area contributed by atoms with Crippen molar-refractivity contribution in [3.63, 3.8) is 0 Å². The number of nitrogens with zero attached hydrogens (tertiary/aromatic N) is 1. The second-order valence-corrected chi connectivity index (χ2v) is 3.03. The van der Waals surface area contributed by atoms with E-state index in [1.54, 1.807) is 6.33 Å². The van der Waals surface area contributed by atoms with Crippen molar-refractivity contribution in [2.24, 2.45) is 0 Å². The number of H-pyrrole nitrogens is 1. The maximum Gasteiger partial charge on any atom is 0.149 e. The summed E-state index contributed by atoms with van der Waals surface area (Å²) < 4.78 is 0. The molecule has 2 aromatic rings. The molecule has 1 aromatic carbocycles. The van der Waals surface area contributed by atoms with Crippen molar-refractivity contribution in [1.29, 1.82) is 0 Å². The second kappa shape index (κ2) is 5.63. The van der Waals surface area contributed by atoms with Gasteiger partial charge in [-0.1, -0.05) is 29.8 Å². The monoisotopic (exact) mass is 245 g/mol. The molecule has 0 aliphatic carbocycles. The predicted octanol–water partition coefficient (Wildman–Crippen LogP) is 2.81. The molecule has 0 aliphatic rings. The Morgan fingerprint density at radius 1 is 1.13 bits per heavy atom. The van der Waals surface area contributed by atoms with E-state index >= 15 is 0 Å². The lowest BCUT2D eigenvalue weighted by Crippen LogP contribution is -1.88. The van der Waals surface area contributed by atoms with Gasteiger partial charge < -0.3 is 10.7 Å². The number of nitrogens with two attached hydrogens (primary N) is 1. The third-order valence-corrected chi connectivity index (χ3v) is 2.01. The number of imidazole rings is 1. The Bertz CT molecular complexity index is 409. The van der Waals surface area contributed by atoms with Gasteiger partial charge in [0.15, 0.2) is 0 Å². The van der Waals surface area contributed by atoms with Gasteiger partial charge in [0.2, 0.25) is 0 Å². The van der Waals surface area contributed by atoms with Gasteiger partial charge in [-0.05, 0) is 6.92 Å². The maximum atomic E-state index is 5.67. The summed E-state index contributed by atoms with van der Waals surface area (Å²) in [6.07, 6.45) is 1.60. The lowest BCUT2D eigenvalue weighted by Gasteiger charge is -1.99. The standard InChI is InChI=1S/C10H11N3.2ClH/c1-7-2-4-8(5-3-7)9-10(11)13-6-12-9;;/h2-6H,11H2,1H3,(H,12,13);2*1H. The van der Waals surface area contributed by atoms with Gasteiger partial charge in [0.1, 0.15) is 5.82 Å². The molecule has 0 atom stereocenters. The number of hydrogen-bond donors (Lipinski definition) is 2. The number of nitrogen functional groups attached to an aromatic ring is 1. The van der Waals surface area contributed by atoms with Gasteiger partial charge in [-0.3, -0.25) is 0 Å². The van der Waals surface area contributed by atoms with Crippen LogP contribution in [0.5, 0.6) is 0 Å². The van der Waals surface area contributed by atoms with E-state index in [1.807, 2.05) is 12.1 Å². The molecule has 0 radical (unpaired) electrons. The molecule has 2 rings (SSSR count). The first-order valence-corrected chi connectivity index (χ1v) is 4.13. The number of aryl methyl sites for hydroxylation is 1. The number of hydrogen-bond acceptors (Lipinski definition) is 2. The summed E-state index contributed by atoms with van der Waals surface area (Å²) >= 11 is 0. The molecule has 0 amide bonds. The smallest absolute Gasteiger partial charge is 0.149 e. The molecule has 5 heteroatoms. The number of rotatable bonds is 1. The third kappa shape index (κ3) is 2.88. The average molecular weight is 246 g/mol. The highest BCUT2D eigenvalue weighted by atomic mass is 35.5. The van der Waals surface area contributed by atoms with Crippen molar-refractivity contribution < 1.29 is 0 Å². The zero-order valence-corrected chi connectivity index (χ0v) is 9.86. The van der Waals surface area contributed by atoms with Crippen molar-refractivity contribution in [2.45, 2.75) is 6.92 Å². The average Bonchev–Trinajstić information content (AvgIpc) is 2.53. The van der Waals surface area contributed by atoms with Crippen LogP contribution >= 0.6 is 24.8 Å². The van der Waals surface area contributed by atoms with Crippen LogP contribution in [0.25, 0.3) is 11.3 Å². The van der Waals surface area contributed by atoms with Crippen molar-refractivity contribution in [1.82, 2.24) is 9.97 Å². The molecule has 1 heterocycles. The van der Waals surface area contributed by atoms with E-state index in [-0.39, 0.29) is 24.8 Å². The second-order valence-electron chi connectivity index (χ2n) is 3.03. The van der Waals surface area contributed by atoms with E-state index in [0.29, 0.717) is 5.82 Å².